The van der Waals surface area contributed by atoms with Gasteiger partial charge in [-0.25, -0.2) is 0 Å². The van der Waals surface area contributed by atoms with Crippen LogP contribution in [-0.2, 0) is 13.0 Å². The molecule has 0 unspecified atom stereocenters. The zero-order chi connectivity index (χ0) is 15.4. The van der Waals surface area contributed by atoms with Crippen molar-refractivity contribution >= 4 is 5.88 Å². The van der Waals surface area contributed by atoms with Crippen LogP contribution in [0.15, 0.2) is 34.9 Å². The Bertz CT molecular complexity index is 590. The quantitative estimate of drug-likeness (QED) is 0.861. The van der Waals surface area contributed by atoms with Crippen LogP contribution < -0.4 is 10.4 Å². The fraction of sp³-hybridized carbons (Fsp3) is 0.529. The van der Waals surface area contributed by atoms with E-state index in [1.165, 1.54) is 24.8 Å². The summed E-state index contributed by atoms with van der Waals surface area (Å²) in [7, 11) is 0. The Hall–Kier alpha value is -1.88. The van der Waals surface area contributed by atoms with Gasteiger partial charge >= 0.3 is 0 Å². The Morgan fingerprint density at radius 2 is 1.95 bits per heavy atom. The maximum absolute atomic E-state index is 6.01. The molecule has 1 atom stereocenters. The van der Waals surface area contributed by atoms with E-state index in [0.717, 1.165) is 31.7 Å². The van der Waals surface area contributed by atoms with Crippen molar-refractivity contribution in [2.75, 3.05) is 18.8 Å². The lowest BCUT2D eigenvalue weighted by Crippen LogP contribution is -2.46. The number of anilines is 1. The van der Waals surface area contributed by atoms with Gasteiger partial charge in [-0.3, -0.25) is 9.42 Å². The van der Waals surface area contributed by atoms with Crippen LogP contribution in [0.25, 0.3) is 0 Å². The first-order chi connectivity index (χ1) is 10.7. The molecule has 0 amide bonds. The monoisotopic (exact) mass is 301 g/mol. The Labute approximate surface area is 131 Å². The number of hydrogen-bond acceptors (Lipinski definition) is 4. The van der Waals surface area contributed by atoms with Crippen LogP contribution in [0.1, 0.15) is 43.5 Å². The maximum Gasteiger partial charge on any atom is 0.297 e. The molecule has 5 heteroatoms. The summed E-state index contributed by atoms with van der Waals surface area (Å²) in [5.74, 6) is 0.450. The number of nitrogens with two attached hydrogens (primary N) is 1. The van der Waals surface area contributed by atoms with E-state index in [-0.39, 0.29) is 6.04 Å². The average molecular weight is 301 g/mol. The summed E-state index contributed by atoms with van der Waals surface area (Å²) in [5, 5.41) is 4.17. The zero-order valence-electron chi connectivity index (χ0n) is 13.2. The summed E-state index contributed by atoms with van der Waals surface area (Å²) in [6.07, 6.45) is 4.79. The molecule has 22 heavy (non-hydrogen) atoms. The van der Waals surface area contributed by atoms with Crippen LogP contribution >= 0.6 is 0 Å². The molecule has 1 aromatic carbocycles. The smallest absolute Gasteiger partial charge is 0.297 e. The molecule has 0 radical (unpaired) electrons. The second-order valence-electron chi connectivity index (χ2n) is 6.20. The van der Waals surface area contributed by atoms with Crippen molar-refractivity contribution < 1.29 is 9.20 Å². The fourth-order valence-electron chi connectivity index (χ4n) is 3.17. The first-order valence-electron chi connectivity index (χ1n) is 8.16. The molecule has 5 nitrogen and oxygen atoms in total. The third-order valence-electron chi connectivity index (χ3n) is 4.40. The Morgan fingerprint density at radius 3 is 2.68 bits per heavy atom. The first-order valence-corrected chi connectivity index (χ1v) is 8.16. The van der Waals surface area contributed by atoms with Crippen molar-refractivity contribution in [3.63, 3.8) is 0 Å². The molecular formula is C17H25N4O+. The summed E-state index contributed by atoms with van der Waals surface area (Å²) < 4.78 is 7.22. The number of likely N-dealkylation sites (tertiary alicyclic amines) is 1. The molecule has 2 aromatic rings. The number of nitrogens with zero attached hydrogens (tertiary/aromatic N) is 3. The number of nitrogen functional groups attached to an aromatic ring is 1. The van der Waals surface area contributed by atoms with Crippen molar-refractivity contribution in [2.24, 2.45) is 0 Å². The summed E-state index contributed by atoms with van der Waals surface area (Å²) in [6, 6.07) is 10.7. The van der Waals surface area contributed by atoms with Crippen LogP contribution in [0.4, 0.5) is 5.88 Å². The van der Waals surface area contributed by atoms with Gasteiger partial charge in [0.25, 0.3) is 11.6 Å². The third-order valence-corrected chi connectivity index (χ3v) is 4.40. The molecule has 1 aromatic heterocycles. The van der Waals surface area contributed by atoms with E-state index in [1.807, 2.05) is 10.7 Å². The zero-order valence-corrected chi connectivity index (χ0v) is 13.2. The number of benzene rings is 1. The van der Waals surface area contributed by atoms with Gasteiger partial charge in [0, 0.05) is 13.3 Å². The van der Waals surface area contributed by atoms with E-state index in [0.29, 0.717) is 5.88 Å². The van der Waals surface area contributed by atoms with Gasteiger partial charge < -0.3 is 5.73 Å². The molecule has 0 aliphatic carbocycles. The highest BCUT2D eigenvalue weighted by Gasteiger charge is 2.30. The first kappa shape index (κ1) is 15.0. The third kappa shape index (κ3) is 3.47. The van der Waals surface area contributed by atoms with E-state index in [4.69, 9.17) is 10.3 Å². The minimum absolute atomic E-state index is 0.225. The lowest BCUT2D eigenvalue weighted by atomic mass is 10.1. The molecule has 2 heterocycles. The van der Waals surface area contributed by atoms with Gasteiger partial charge in [-0.15, -0.1) is 0 Å². The predicted molar refractivity (Wildman–Crippen MR) is 85.1 cm³/mol. The van der Waals surface area contributed by atoms with Crippen LogP contribution in [-0.4, -0.2) is 23.3 Å². The second-order valence-corrected chi connectivity index (χ2v) is 6.20. The standard InChI is InChI=1S/C17H25N4O/c1-14(12-15-8-4-2-5-9-15)21-16(17(18)22-19-21)13-20-10-6-3-7-11-20/h2,4-5,8-9,14H,3,6-7,10-13,18H2,1H3/q+1/t14-/m1/s1. The van der Waals surface area contributed by atoms with Gasteiger partial charge in [0.15, 0.2) is 6.04 Å². The number of aromatic nitrogens is 2. The van der Waals surface area contributed by atoms with E-state index >= 15 is 0 Å². The lowest BCUT2D eigenvalue weighted by molar-refractivity contribution is -0.788. The normalized spacial score (nSPS) is 17.5. The van der Waals surface area contributed by atoms with Crippen LogP contribution in [0.5, 0.6) is 0 Å². The Kier molecular flexibility index (Phi) is 4.73. The van der Waals surface area contributed by atoms with Gasteiger partial charge in [-0.2, -0.15) is 0 Å². The molecule has 0 saturated carbocycles. The topological polar surface area (TPSA) is 59.2 Å². The molecule has 0 bridgehead atoms. The highest BCUT2D eigenvalue weighted by Crippen LogP contribution is 2.17. The predicted octanol–water partition coefficient (Wildman–Crippen LogP) is 2.33. The lowest BCUT2D eigenvalue weighted by Gasteiger charge is -2.24. The van der Waals surface area contributed by atoms with E-state index in [2.05, 4.69) is 41.4 Å². The summed E-state index contributed by atoms with van der Waals surface area (Å²) >= 11 is 0. The average Bonchev–Trinajstić information content (AvgIpc) is 2.90. The van der Waals surface area contributed by atoms with Crippen LogP contribution in [0.2, 0.25) is 0 Å². The van der Waals surface area contributed by atoms with Gasteiger partial charge in [-0.1, -0.05) is 36.8 Å². The van der Waals surface area contributed by atoms with E-state index in [9.17, 15) is 0 Å². The second kappa shape index (κ2) is 6.92. The minimum atomic E-state index is 0.225. The molecule has 1 fully saturated rings. The Morgan fingerprint density at radius 1 is 1.23 bits per heavy atom. The maximum atomic E-state index is 6.01. The number of piperidine rings is 1. The van der Waals surface area contributed by atoms with Gasteiger partial charge in [0.05, 0.1) is 6.54 Å². The summed E-state index contributed by atoms with van der Waals surface area (Å²) in [6.45, 7) is 5.26. The van der Waals surface area contributed by atoms with Crippen molar-refractivity contribution in [3.8, 4) is 0 Å². The van der Waals surface area contributed by atoms with Crippen LogP contribution in [0, 0.1) is 0 Å². The van der Waals surface area contributed by atoms with E-state index < -0.39 is 0 Å². The van der Waals surface area contributed by atoms with Crippen molar-refractivity contribution in [2.45, 2.75) is 45.2 Å². The fourth-order valence-corrected chi connectivity index (χ4v) is 3.17. The Balaban J connectivity index is 1.73. The SMILES string of the molecule is C[C@H](Cc1ccccc1)[n+]1noc(N)c1CN1CCCCC1. The van der Waals surface area contributed by atoms with Crippen molar-refractivity contribution in [1.29, 1.82) is 0 Å². The van der Waals surface area contributed by atoms with Gasteiger partial charge in [0.1, 0.15) is 0 Å². The van der Waals surface area contributed by atoms with Crippen LogP contribution in [0.3, 0.4) is 0 Å². The summed E-state index contributed by atoms with van der Waals surface area (Å²) in [4.78, 5) is 2.44. The highest BCUT2D eigenvalue weighted by atomic mass is 16.5. The molecule has 1 aliphatic rings. The molecule has 2 N–H and O–H groups in total. The molecule has 0 spiro atoms. The summed E-state index contributed by atoms with van der Waals surface area (Å²) in [5.41, 5.74) is 8.32. The number of rotatable bonds is 5. The van der Waals surface area contributed by atoms with Crippen molar-refractivity contribution in [3.05, 3.63) is 41.6 Å². The minimum Gasteiger partial charge on any atom is -0.362 e. The van der Waals surface area contributed by atoms with E-state index in [1.54, 1.807) is 0 Å². The van der Waals surface area contributed by atoms with Gasteiger partial charge in [-0.05, 0) is 36.2 Å². The number of hydrogen-bond donors (Lipinski definition) is 1. The largest absolute Gasteiger partial charge is 0.362 e. The van der Waals surface area contributed by atoms with Crippen molar-refractivity contribution in [1.82, 2.24) is 10.2 Å². The molecule has 118 valence electrons. The molecular weight excluding hydrogens is 276 g/mol. The molecule has 3 rings (SSSR count). The highest BCUT2D eigenvalue weighted by molar-refractivity contribution is 5.25. The van der Waals surface area contributed by atoms with Gasteiger partial charge in [0.2, 0.25) is 5.27 Å². The molecule has 1 aliphatic heterocycles. The molecule has 1 saturated heterocycles.